The third-order valence-corrected chi connectivity index (χ3v) is 3.96. The summed E-state index contributed by atoms with van der Waals surface area (Å²) in [4.78, 5) is 3.94. The first-order valence-electron chi connectivity index (χ1n) is 7.63. The first-order chi connectivity index (χ1) is 12.0. The van der Waals surface area contributed by atoms with Gasteiger partial charge in [-0.25, -0.2) is 0 Å². The molecule has 0 fully saturated rings. The Hall–Kier alpha value is -3.08. The van der Waals surface area contributed by atoms with E-state index in [0.717, 1.165) is 40.1 Å². The molecule has 124 valence electrons. The van der Waals surface area contributed by atoms with E-state index < -0.39 is 11.7 Å². The molecule has 2 aromatic carbocycles. The summed E-state index contributed by atoms with van der Waals surface area (Å²) in [6.07, 6.45) is -3.53. The second-order valence-corrected chi connectivity index (χ2v) is 5.66. The smallest absolute Gasteiger partial charge is 0.417 e. The van der Waals surface area contributed by atoms with Gasteiger partial charge in [0.1, 0.15) is 11.3 Å². The highest BCUT2D eigenvalue weighted by Crippen LogP contribution is 2.32. The summed E-state index contributed by atoms with van der Waals surface area (Å²) in [6, 6.07) is 19.5. The molecule has 0 saturated heterocycles. The monoisotopic (exact) mass is 339 g/mol. The Morgan fingerprint density at radius 2 is 1.60 bits per heavy atom. The molecule has 0 aliphatic carbocycles. The lowest BCUT2D eigenvalue weighted by atomic mass is 10.1. The maximum absolute atomic E-state index is 12.6. The van der Waals surface area contributed by atoms with Crippen molar-refractivity contribution in [1.29, 1.82) is 0 Å². The quantitative estimate of drug-likeness (QED) is 0.436. The van der Waals surface area contributed by atoms with Crippen molar-refractivity contribution in [3.05, 3.63) is 78.5 Å². The van der Waals surface area contributed by atoms with E-state index >= 15 is 0 Å². The van der Waals surface area contributed by atoms with Gasteiger partial charge in [0.15, 0.2) is 0 Å². The molecule has 2 nitrogen and oxygen atoms in total. The molecule has 4 aromatic rings. The number of furan rings is 1. The van der Waals surface area contributed by atoms with E-state index in [1.54, 1.807) is 12.1 Å². The van der Waals surface area contributed by atoms with Crippen LogP contribution >= 0.6 is 0 Å². The Kier molecular flexibility index (Phi) is 3.57. The molecular formula is C20H12F3NO. The van der Waals surface area contributed by atoms with E-state index in [0.29, 0.717) is 5.69 Å². The molecule has 2 aromatic heterocycles. The van der Waals surface area contributed by atoms with Gasteiger partial charge in [-0.1, -0.05) is 30.3 Å². The van der Waals surface area contributed by atoms with Crippen molar-refractivity contribution in [2.75, 3.05) is 0 Å². The molecule has 2 heterocycles. The van der Waals surface area contributed by atoms with Gasteiger partial charge in [-0.3, -0.25) is 4.98 Å². The van der Waals surface area contributed by atoms with Crippen LogP contribution in [0.1, 0.15) is 5.56 Å². The van der Waals surface area contributed by atoms with Gasteiger partial charge in [-0.2, -0.15) is 13.2 Å². The van der Waals surface area contributed by atoms with Crippen LogP contribution in [0.3, 0.4) is 0 Å². The van der Waals surface area contributed by atoms with Crippen LogP contribution in [0.5, 0.6) is 0 Å². The number of aromatic nitrogens is 1. The van der Waals surface area contributed by atoms with E-state index in [1.165, 1.54) is 6.07 Å². The molecule has 0 amide bonds. The van der Waals surface area contributed by atoms with E-state index in [4.69, 9.17) is 4.42 Å². The minimum Gasteiger partial charge on any atom is -0.456 e. The predicted octanol–water partition coefficient (Wildman–Crippen LogP) is 6.18. The standard InChI is InChI=1S/C20H12F3NO/c21-20(22,23)16-7-8-17(24-12-16)14-6-9-18-15(10-14)11-19(25-18)13-4-2-1-3-5-13/h1-12H. The average Bonchev–Trinajstić information content (AvgIpc) is 3.05. The van der Waals surface area contributed by atoms with Gasteiger partial charge in [0, 0.05) is 22.7 Å². The SMILES string of the molecule is FC(F)(F)c1ccc(-c2ccc3oc(-c4ccccc4)cc3c2)nc1. The number of fused-ring (bicyclic) bond motifs is 1. The lowest BCUT2D eigenvalue weighted by molar-refractivity contribution is -0.137. The highest BCUT2D eigenvalue weighted by atomic mass is 19.4. The molecule has 5 heteroatoms. The Labute approximate surface area is 141 Å². The second-order valence-electron chi connectivity index (χ2n) is 5.66. The molecule has 0 aliphatic rings. The Bertz CT molecular complexity index is 1020. The molecule has 0 aliphatic heterocycles. The molecule has 0 radical (unpaired) electrons. The first kappa shape index (κ1) is 15.4. The lowest BCUT2D eigenvalue weighted by Gasteiger charge is -2.07. The molecule has 4 rings (SSSR count). The van der Waals surface area contributed by atoms with Crippen molar-refractivity contribution < 1.29 is 17.6 Å². The summed E-state index contributed by atoms with van der Waals surface area (Å²) in [6.45, 7) is 0. The van der Waals surface area contributed by atoms with Gasteiger partial charge in [0.05, 0.1) is 11.3 Å². The van der Waals surface area contributed by atoms with Crippen LogP contribution in [0.4, 0.5) is 13.2 Å². The van der Waals surface area contributed by atoms with Crippen molar-refractivity contribution >= 4 is 11.0 Å². The number of benzene rings is 2. The van der Waals surface area contributed by atoms with Crippen molar-refractivity contribution in [1.82, 2.24) is 4.98 Å². The number of hydrogen-bond donors (Lipinski definition) is 0. The van der Waals surface area contributed by atoms with Crippen LogP contribution in [0.25, 0.3) is 33.6 Å². The zero-order chi connectivity index (χ0) is 17.4. The number of pyridine rings is 1. The third-order valence-electron chi connectivity index (χ3n) is 3.96. The fourth-order valence-corrected chi connectivity index (χ4v) is 2.68. The summed E-state index contributed by atoms with van der Waals surface area (Å²) in [5.41, 5.74) is 2.15. The second kappa shape index (κ2) is 5.77. The van der Waals surface area contributed by atoms with Crippen LogP contribution < -0.4 is 0 Å². The predicted molar refractivity (Wildman–Crippen MR) is 89.9 cm³/mol. The lowest BCUT2D eigenvalue weighted by Crippen LogP contribution is -2.05. The molecule has 0 atom stereocenters. The van der Waals surface area contributed by atoms with Crippen LogP contribution in [0, 0.1) is 0 Å². The molecular weight excluding hydrogens is 327 g/mol. The Morgan fingerprint density at radius 1 is 0.800 bits per heavy atom. The van der Waals surface area contributed by atoms with E-state index in [-0.39, 0.29) is 0 Å². The summed E-state index contributed by atoms with van der Waals surface area (Å²) in [7, 11) is 0. The van der Waals surface area contributed by atoms with Crippen molar-refractivity contribution in [3.63, 3.8) is 0 Å². The number of alkyl halides is 3. The van der Waals surface area contributed by atoms with Crippen molar-refractivity contribution in [3.8, 4) is 22.6 Å². The summed E-state index contributed by atoms with van der Waals surface area (Å²) in [5.74, 6) is 0.744. The van der Waals surface area contributed by atoms with Gasteiger partial charge < -0.3 is 4.42 Å². The third kappa shape index (κ3) is 3.01. The Morgan fingerprint density at radius 3 is 2.28 bits per heavy atom. The van der Waals surface area contributed by atoms with E-state index in [2.05, 4.69) is 4.98 Å². The Balaban J connectivity index is 1.72. The minimum absolute atomic E-state index is 0.484. The number of hydrogen-bond acceptors (Lipinski definition) is 2. The van der Waals surface area contributed by atoms with Crippen LogP contribution in [-0.4, -0.2) is 4.98 Å². The van der Waals surface area contributed by atoms with E-state index in [1.807, 2.05) is 42.5 Å². The molecule has 0 bridgehead atoms. The number of nitrogens with zero attached hydrogens (tertiary/aromatic N) is 1. The minimum atomic E-state index is -4.38. The summed E-state index contributed by atoms with van der Waals surface area (Å²) >= 11 is 0. The molecule has 0 unspecified atom stereocenters. The van der Waals surface area contributed by atoms with Crippen molar-refractivity contribution in [2.45, 2.75) is 6.18 Å². The van der Waals surface area contributed by atoms with Gasteiger partial charge in [0.25, 0.3) is 0 Å². The number of rotatable bonds is 2. The first-order valence-corrected chi connectivity index (χ1v) is 7.63. The van der Waals surface area contributed by atoms with Crippen LogP contribution in [-0.2, 0) is 6.18 Å². The van der Waals surface area contributed by atoms with Crippen molar-refractivity contribution in [2.24, 2.45) is 0 Å². The number of halogens is 3. The van der Waals surface area contributed by atoms with Crippen LogP contribution in [0.15, 0.2) is 77.3 Å². The molecule has 0 N–H and O–H groups in total. The zero-order valence-electron chi connectivity index (χ0n) is 12.9. The average molecular weight is 339 g/mol. The molecule has 0 saturated carbocycles. The normalized spacial score (nSPS) is 11.8. The summed E-state index contributed by atoms with van der Waals surface area (Å²) < 4.78 is 43.8. The fourth-order valence-electron chi connectivity index (χ4n) is 2.68. The van der Waals surface area contributed by atoms with E-state index in [9.17, 15) is 13.2 Å². The summed E-state index contributed by atoms with van der Waals surface area (Å²) in [5, 5.41) is 0.873. The maximum atomic E-state index is 12.6. The van der Waals surface area contributed by atoms with Gasteiger partial charge >= 0.3 is 6.18 Å². The van der Waals surface area contributed by atoms with Crippen LogP contribution in [0.2, 0.25) is 0 Å². The maximum Gasteiger partial charge on any atom is 0.417 e. The molecule has 0 spiro atoms. The van der Waals surface area contributed by atoms with Gasteiger partial charge in [-0.05, 0) is 36.4 Å². The highest BCUT2D eigenvalue weighted by molar-refractivity contribution is 5.86. The molecule has 25 heavy (non-hydrogen) atoms. The highest BCUT2D eigenvalue weighted by Gasteiger charge is 2.30. The topological polar surface area (TPSA) is 26.0 Å². The van der Waals surface area contributed by atoms with Gasteiger partial charge in [-0.15, -0.1) is 0 Å². The largest absolute Gasteiger partial charge is 0.456 e. The van der Waals surface area contributed by atoms with Gasteiger partial charge in [0.2, 0.25) is 0 Å². The zero-order valence-corrected chi connectivity index (χ0v) is 12.9. The fraction of sp³-hybridized carbons (Fsp3) is 0.0500.